The highest BCUT2D eigenvalue weighted by Crippen LogP contribution is 2.27. The smallest absolute Gasteiger partial charge is 0.219 e. The molecular formula is C22H34N2O3. The van der Waals surface area contributed by atoms with Crippen LogP contribution in [0, 0.1) is 13.8 Å². The van der Waals surface area contributed by atoms with E-state index in [4.69, 9.17) is 4.74 Å². The number of β-amino-alcohol motifs (C(OH)–C–C–N with tert-alkyl or cyclic N) is 1. The molecule has 1 aliphatic carbocycles. The van der Waals surface area contributed by atoms with Gasteiger partial charge in [0.25, 0.3) is 0 Å². The maximum absolute atomic E-state index is 12.0. The van der Waals surface area contributed by atoms with E-state index in [0.717, 1.165) is 12.3 Å². The van der Waals surface area contributed by atoms with Crippen molar-refractivity contribution in [2.45, 2.75) is 64.5 Å². The number of nitrogens with zero attached hydrogens (tertiary/aromatic N) is 2. The monoisotopic (exact) mass is 374 g/mol. The first-order valence-electron chi connectivity index (χ1n) is 10.3. The molecule has 27 heavy (non-hydrogen) atoms. The summed E-state index contributed by atoms with van der Waals surface area (Å²) in [6.07, 6.45) is 6.21. The zero-order valence-corrected chi connectivity index (χ0v) is 17.0. The molecule has 5 nitrogen and oxygen atoms in total. The second kappa shape index (κ2) is 8.61. The van der Waals surface area contributed by atoms with Crippen LogP contribution in [-0.2, 0) is 4.79 Å². The topological polar surface area (TPSA) is 53.0 Å². The number of benzene rings is 1. The van der Waals surface area contributed by atoms with Crippen LogP contribution in [0.25, 0.3) is 0 Å². The van der Waals surface area contributed by atoms with Gasteiger partial charge in [-0.2, -0.15) is 0 Å². The predicted molar refractivity (Wildman–Crippen MR) is 107 cm³/mol. The second-order valence-corrected chi connectivity index (χ2v) is 8.46. The molecule has 1 aromatic carbocycles. The molecule has 2 aliphatic rings. The van der Waals surface area contributed by atoms with Crippen molar-refractivity contribution in [2.75, 3.05) is 32.8 Å². The highest BCUT2D eigenvalue weighted by Gasteiger charge is 2.39. The standard InChI is InChI=1S/C22H34N2O3/c1-17-9-10-21(13-18(17)2)27-16-22(26)14-23(19(3)25)11-12-24(15-22)20-7-5-4-6-8-20/h9-10,13,20,26H,4-8,11-12,14-16H2,1-3H3. The number of hydrogen-bond acceptors (Lipinski definition) is 4. The molecule has 1 N–H and O–H groups in total. The van der Waals surface area contributed by atoms with Gasteiger partial charge in [0.15, 0.2) is 0 Å². The van der Waals surface area contributed by atoms with Crippen LogP contribution in [0.4, 0.5) is 0 Å². The summed E-state index contributed by atoms with van der Waals surface area (Å²) < 4.78 is 5.99. The van der Waals surface area contributed by atoms with Crippen LogP contribution in [0.15, 0.2) is 18.2 Å². The molecule has 1 aliphatic heterocycles. The third-order valence-corrected chi connectivity index (χ3v) is 6.16. The number of aryl methyl sites for hydroxylation is 2. The number of ether oxygens (including phenoxy) is 1. The van der Waals surface area contributed by atoms with Crippen LogP contribution in [0.1, 0.15) is 50.2 Å². The fraction of sp³-hybridized carbons (Fsp3) is 0.682. The molecule has 0 radical (unpaired) electrons. The van der Waals surface area contributed by atoms with E-state index in [2.05, 4.69) is 18.7 Å². The third-order valence-electron chi connectivity index (χ3n) is 6.16. The van der Waals surface area contributed by atoms with Gasteiger partial charge in [-0.25, -0.2) is 0 Å². The summed E-state index contributed by atoms with van der Waals surface area (Å²) in [5.74, 6) is 0.791. The average molecular weight is 375 g/mol. The lowest BCUT2D eigenvalue weighted by Gasteiger charge is -2.37. The Balaban J connectivity index is 1.72. The number of rotatable bonds is 4. The van der Waals surface area contributed by atoms with E-state index in [9.17, 15) is 9.90 Å². The number of hydrogen-bond donors (Lipinski definition) is 1. The lowest BCUT2D eigenvalue weighted by Crippen LogP contribution is -2.53. The van der Waals surface area contributed by atoms with Gasteiger partial charge in [-0.3, -0.25) is 9.69 Å². The Bertz CT molecular complexity index is 657. The molecule has 0 spiro atoms. The van der Waals surface area contributed by atoms with Crippen LogP contribution < -0.4 is 4.74 Å². The first-order valence-corrected chi connectivity index (χ1v) is 10.3. The summed E-state index contributed by atoms with van der Waals surface area (Å²) in [6, 6.07) is 6.51. The molecule has 1 aromatic rings. The summed E-state index contributed by atoms with van der Waals surface area (Å²) in [6.45, 7) is 8.32. The first kappa shape index (κ1) is 20.2. The van der Waals surface area contributed by atoms with Crippen molar-refractivity contribution >= 4 is 5.91 Å². The Labute approximate surface area is 163 Å². The van der Waals surface area contributed by atoms with Gasteiger partial charge in [-0.1, -0.05) is 25.3 Å². The first-order chi connectivity index (χ1) is 12.9. The zero-order chi connectivity index (χ0) is 19.4. The molecule has 1 saturated heterocycles. The molecule has 5 heteroatoms. The summed E-state index contributed by atoms with van der Waals surface area (Å²) in [7, 11) is 0. The summed E-state index contributed by atoms with van der Waals surface area (Å²) in [5, 5.41) is 11.4. The van der Waals surface area contributed by atoms with Crippen molar-refractivity contribution in [3.05, 3.63) is 29.3 Å². The average Bonchev–Trinajstić information content (AvgIpc) is 2.83. The maximum Gasteiger partial charge on any atom is 0.219 e. The van der Waals surface area contributed by atoms with E-state index < -0.39 is 5.60 Å². The minimum Gasteiger partial charge on any atom is -0.490 e. The molecule has 0 bridgehead atoms. The maximum atomic E-state index is 12.0. The lowest BCUT2D eigenvalue weighted by atomic mass is 9.93. The largest absolute Gasteiger partial charge is 0.490 e. The summed E-state index contributed by atoms with van der Waals surface area (Å²) >= 11 is 0. The van der Waals surface area contributed by atoms with E-state index in [-0.39, 0.29) is 12.5 Å². The minimum atomic E-state index is -1.06. The van der Waals surface area contributed by atoms with E-state index in [1.54, 1.807) is 11.8 Å². The van der Waals surface area contributed by atoms with Crippen LogP contribution in [0.3, 0.4) is 0 Å². The van der Waals surface area contributed by atoms with Crippen molar-refractivity contribution in [1.82, 2.24) is 9.80 Å². The van der Waals surface area contributed by atoms with Crippen molar-refractivity contribution in [3.8, 4) is 5.75 Å². The fourth-order valence-corrected chi connectivity index (χ4v) is 4.33. The van der Waals surface area contributed by atoms with Gasteiger partial charge in [-0.15, -0.1) is 0 Å². The van der Waals surface area contributed by atoms with E-state index >= 15 is 0 Å². The van der Waals surface area contributed by atoms with Crippen LogP contribution in [0.2, 0.25) is 0 Å². The predicted octanol–water partition coefficient (Wildman–Crippen LogP) is 2.91. The molecule has 1 unspecified atom stereocenters. The van der Waals surface area contributed by atoms with Crippen LogP contribution >= 0.6 is 0 Å². The van der Waals surface area contributed by atoms with E-state index in [1.165, 1.54) is 43.2 Å². The highest BCUT2D eigenvalue weighted by molar-refractivity contribution is 5.73. The second-order valence-electron chi connectivity index (χ2n) is 8.46. The van der Waals surface area contributed by atoms with E-state index in [1.807, 2.05) is 18.2 Å². The van der Waals surface area contributed by atoms with Gasteiger partial charge in [0.1, 0.15) is 18.0 Å². The molecule has 1 saturated carbocycles. The zero-order valence-electron chi connectivity index (χ0n) is 17.0. The summed E-state index contributed by atoms with van der Waals surface area (Å²) in [4.78, 5) is 16.2. The fourth-order valence-electron chi connectivity index (χ4n) is 4.33. The van der Waals surface area contributed by atoms with Gasteiger partial charge in [0, 0.05) is 32.6 Å². The van der Waals surface area contributed by atoms with Crippen LogP contribution in [0.5, 0.6) is 5.75 Å². The van der Waals surface area contributed by atoms with Crippen molar-refractivity contribution in [2.24, 2.45) is 0 Å². The number of amides is 1. The third kappa shape index (κ3) is 5.23. The van der Waals surface area contributed by atoms with Gasteiger partial charge in [0.05, 0.1) is 6.54 Å². The Morgan fingerprint density at radius 2 is 1.89 bits per heavy atom. The molecule has 0 aromatic heterocycles. The number of carbonyl (C=O) groups excluding carboxylic acids is 1. The highest BCUT2D eigenvalue weighted by atomic mass is 16.5. The quantitative estimate of drug-likeness (QED) is 0.880. The summed E-state index contributed by atoms with van der Waals surface area (Å²) in [5.41, 5.74) is 1.34. The molecule has 1 heterocycles. The number of aliphatic hydroxyl groups is 1. The minimum absolute atomic E-state index is 0.0186. The van der Waals surface area contributed by atoms with Gasteiger partial charge >= 0.3 is 0 Å². The molecule has 3 rings (SSSR count). The molecule has 1 atom stereocenters. The Kier molecular flexibility index (Phi) is 6.43. The van der Waals surface area contributed by atoms with Crippen molar-refractivity contribution in [1.29, 1.82) is 0 Å². The molecular weight excluding hydrogens is 340 g/mol. The SMILES string of the molecule is CC(=O)N1CCN(C2CCCCC2)CC(O)(COc2ccc(C)c(C)c2)C1. The van der Waals surface area contributed by atoms with Crippen molar-refractivity contribution < 1.29 is 14.6 Å². The van der Waals surface area contributed by atoms with E-state index in [0.29, 0.717) is 25.7 Å². The van der Waals surface area contributed by atoms with Crippen molar-refractivity contribution in [3.63, 3.8) is 0 Å². The van der Waals surface area contributed by atoms with Gasteiger partial charge in [-0.05, 0) is 49.9 Å². The van der Waals surface area contributed by atoms with Gasteiger partial charge in [0.2, 0.25) is 5.91 Å². The number of carbonyl (C=O) groups is 1. The Morgan fingerprint density at radius 1 is 1.15 bits per heavy atom. The molecule has 150 valence electrons. The Morgan fingerprint density at radius 3 is 2.56 bits per heavy atom. The molecule has 2 fully saturated rings. The molecule has 1 amide bonds. The Hall–Kier alpha value is -1.59. The van der Waals surface area contributed by atoms with Crippen LogP contribution in [-0.4, -0.2) is 65.2 Å². The lowest BCUT2D eigenvalue weighted by molar-refractivity contribution is -0.132. The van der Waals surface area contributed by atoms with Gasteiger partial charge < -0.3 is 14.7 Å². The normalized spacial score (nSPS) is 25.3.